The van der Waals surface area contributed by atoms with E-state index >= 15 is 0 Å². The first-order valence-corrected chi connectivity index (χ1v) is 7.81. The number of halogens is 2. The van der Waals surface area contributed by atoms with Crippen LogP contribution in [0, 0.1) is 5.82 Å². The van der Waals surface area contributed by atoms with E-state index in [-0.39, 0.29) is 5.91 Å². The molecule has 120 valence electrons. The maximum atomic E-state index is 13.6. The van der Waals surface area contributed by atoms with Crippen molar-refractivity contribution >= 4 is 33.6 Å². The van der Waals surface area contributed by atoms with Gasteiger partial charge in [0.25, 0.3) is 0 Å². The van der Waals surface area contributed by atoms with E-state index in [2.05, 4.69) is 31.3 Å². The number of pyridine rings is 1. The van der Waals surface area contributed by atoms with Crippen LogP contribution in [-0.2, 0) is 4.79 Å². The van der Waals surface area contributed by atoms with Crippen LogP contribution >= 0.6 is 15.9 Å². The number of nitrogens with one attached hydrogen (secondary N) is 1. The first-order valence-electron chi connectivity index (χ1n) is 7.02. The molecule has 1 N–H and O–H groups in total. The molecule has 0 saturated heterocycles. The highest BCUT2D eigenvalue weighted by Gasteiger charge is 2.03. The molecule has 0 radical (unpaired) electrons. The number of benzene rings is 1. The molecule has 0 bridgehead atoms. The molecule has 3 rings (SSSR count). The molecule has 2 aromatic heterocycles. The minimum Gasteiger partial charge on any atom is -0.321 e. The number of rotatable bonds is 4. The highest BCUT2D eigenvalue weighted by molar-refractivity contribution is 9.10. The van der Waals surface area contributed by atoms with Gasteiger partial charge in [0.1, 0.15) is 5.82 Å². The van der Waals surface area contributed by atoms with Crippen molar-refractivity contribution in [3.8, 4) is 5.82 Å². The Hall–Kier alpha value is -2.80. The van der Waals surface area contributed by atoms with Crippen molar-refractivity contribution in [1.29, 1.82) is 0 Å². The summed E-state index contributed by atoms with van der Waals surface area (Å²) in [6, 6.07) is 9.78. The quantitative estimate of drug-likeness (QED) is 0.693. The smallest absolute Gasteiger partial charge is 0.248 e. The second-order valence-electron chi connectivity index (χ2n) is 4.84. The maximum absolute atomic E-state index is 13.6. The largest absolute Gasteiger partial charge is 0.321 e. The Morgan fingerprint density at radius 2 is 2.17 bits per heavy atom. The molecule has 3 aromatic rings. The molecule has 0 aliphatic heterocycles. The Balaban J connectivity index is 1.66. The van der Waals surface area contributed by atoms with Crippen molar-refractivity contribution < 1.29 is 9.18 Å². The van der Waals surface area contributed by atoms with Gasteiger partial charge < -0.3 is 5.32 Å². The second kappa shape index (κ2) is 7.18. The van der Waals surface area contributed by atoms with Gasteiger partial charge in [-0.3, -0.25) is 4.79 Å². The summed E-state index contributed by atoms with van der Waals surface area (Å²) < 4.78 is 16.0. The monoisotopic (exact) mass is 386 g/mol. The van der Waals surface area contributed by atoms with E-state index in [9.17, 15) is 9.18 Å². The molecule has 1 aromatic carbocycles. The van der Waals surface area contributed by atoms with E-state index in [1.54, 1.807) is 47.4 Å². The molecule has 1 amide bonds. The molecular formula is C17H12BrFN4O. The Kier molecular flexibility index (Phi) is 4.81. The standard InChI is InChI=1S/C17H12BrFN4O/c18-13-3-5-15(19)12(10-13)2-7-17(24)22-14-4-6-16(20-11-14)23-9-1-8-21-23/h1-11H,(H,22,24)/b7-2+. The molecule has 0 aliphatic rings. The number of nitrogens with zero attached hydrogens (tertiary/aromatic N) is 3. The van der Waals surface area contributed by atoms with Gasteiger partial charge in [-0.05, 0) is 42.5 Å². The first kappa shape index (κ1) is 16.1. The van der Waals surface area contributed by atoms with Crippen molar-refractivity contribution in [3.05, 3.63) is 76.9 Å². The second-order valence-corrected chi connectivity index (χ2v) is 5.76. The van der Waals surface area contributed by atoms with Gasteiger partial charge in [0.2, 0.25) is 5.91 Å². The molecule has 0 atom stereocenters. The molecule has 24 heavy (non-hydrogen) atoms. The molecule has 5 nitrogen and oxygen atoms in total. The molecule has 2 heterocycles. The van der Waals surface area contributed by atoms with E-state index in [0.29, 0.717) is 17.1 Å². The average molecular weight is 387 g/mol. The predicted molar refractivity (Wildman–Crippen MR) is 93.1 cm³/mol. The molecule has 0 saturated carbocycles. The minimum atomic E-state index is -0.396. The maximum Gasteiger partial charge on any atom is 0.248 e. The van der Waals surface area contributed by atoms with Gasteiger partial charge in [-0.2, -0.15) is 5.10 Å². The summed E-state index contributed by atoms with van der Waals surface area (Å²) in [5, 5.41) is 6.74. The van der Waals surface area contributed by atoms with E-state index in [1.165, 1.54) is 24.4 Å². The van der Waals surface area contributed by atoms with Crippen molar-refractivity contribution in [2.24, 2.45) is 0 Å². The first-order chi connectivity index (χ1) is 11.6. The molecule has 0 fully saturated rings. The Labute approximate surface area is 146 Å². The van der Waals surface area contributed by atoms with E-state index in [4.69, 9.17) is 0 Å². The SMILES string of the molecule is O=C(/C=C/c1cc(Br)ccc1F)Nc1ccc(-n2cccn2)nc1. The number of anilines is 1. The van der Waals surface area contributed by atoms with Crippen LogP contribution in [0.15, 0.2) is 65.5 Å². The highest BCUT2D eigenvalue weighted by atomic mass is 79.9. The zero-order valence-corrected chi connectivity index (χ0v) is 13.9. The molecule has 7 heteroatoms. The van der Waals surface area contributed by atoms with Crippen LogP contribution in [0.1, 0.15) is 5.56 Å². The lowest BCUT2D eigenvalue weighted by Gasteiger charge is -2.04. The fraction of sp³-hybridized carbons (Fsp3) is 0. The van der Waals surface area contributed by atoms with Gasteiger partial charge in [-0.1, -0.05) is 15.9 Å². The number of carbonyl (C=O) groups excluding carboxylic acids is 1. The Bertz CT molecular complexity index is 876. The van der Waals surface area contributed by atoms with Crippen LogP contribution in [0.2, 0.25) is 0 Å². The summed E-state index contributed by atoms with van der Waals surface area (Å²) >= 11 is 3.26. The van der Waals surface area contributed by atoms with E-state index < -0.39 is 5.82 Å². The van der Waals surface area contributed by atoms with Crippen molar-refractivity contribution in [1.82, 2.24) is 14.8 Å². The number of aromatic nitrogens is 3. The highest BCUT2D eigenvalue weighted by Crippen LogP contribution is 2.17. The molecule has 0 aliphatic carbocycles. The predicted octanol–water partition coefficient (Wildman–Crippen LogP) is 3.82. The van der Waals surface area contributed by atoms with Gasteiger partial charge in [-0.15, -0.1) is 0 Å². The number of hydrogen-bond acceptors (Lipinski definition) is 3. The minimum absolute atomic E-state index is 0.326. The van der Waals surface area contributed by atoms with Gasteiger partial charge in [0.05, 0.1) is 11.9 Å². The average Bonchev–Trinajstić information content (AvgIpc) is 3.11. The van der Waals surface area contributed by atoms with Gasteiger partial charge in [0, 0.05) is 28.5 Å². The van der Waals surface area contributed by atoms with E-state index in [1.807, 2.05) is 0 Å². The summed E-state index contributed by atoms with van der Waals surface area (Å²) in [6.45, 7) is 0. The zero-order valence-electron chi connectivity index (χ0n) is 12.4. The van der Waals surface area contributed by atoms with Gasteiger partial charge in [-0.25, -0.2) is 14.1 Å². The number of hydrogen-bond donors (Lipinski definition) is 1. The lowest BCUT2D eigenvalue weighted by molar-refractivity contribution is -0.111. The van der Waals surface area contributed by atoms with Crippen molar-refractivity contribution in [3.63, 3.8) is 0 Å². The number of carbonyl (C=O) groups is 1. The summed E-state index contributed by atoms with van der Waals surface area (Å²) in [5.74, 6) is -0.125. The summed E-state index contributed by atoms with van der Waals surface area (Å²) in [7, 11) is 0. The lowest BCUT2D eigenvalue weighted by atomic mass is 10.2. The summed E-state index contributed by atoms with van der Waals surface area (Å²) in [4.78, 5) is 16.1. The lowest BCUT2D eigenvalue weighted by Crippen LogP contribution is -2.08. The van der Waals surface area contributed by atoms with Crippen LogP contribution in [0.25, 0.3) is 11.9 Å². The third-order valence-electron chi connectivity index (χ3n) is 3.13. The molecule has 0 unspecified atom stereocenters. The Morgan fingerprint density at radius 3 is 2.88 bits per heavy atom. The fourth-order valence-corrected chi connectivity index (χ4v) is 2.37. The van der Waals surface area contributed by atoms with Crippen LogP contribution in [0.5, 0.6) is 0 Å². The third-order valence-corrected chi connectivity index (χ3v) is 3.62. The van der Waals surface area contributed by atoms with E-state index in [0.717, 1.165) is 4.47 Å². The van der Waals surface area contributed by atoms with Crippen LogP contribution in [-0.4, -0.2) is 20.7 Å². The van der Waals surface area contributed by atoms with Gasteiger partial charge in [0.15, 0.2) is 5.82 Å². The van der Waals surface area contributed by atoms with Crippen LogP contribution in [0.4, 0.5) is 10.1 Å². The zero-order chi connectivity index (χ0) is 16.9. The van der Waals surface area contributed by atoms with Crippen LogP contribution < -0.4 is 5.32 Å². The summed E-state index contributed by atoms with van der Waals surface area (Å²) in [6.07, 6.45) is 7.65. The van der Waals surface area contributed by atoms with Gasteiger partial charge >= 0.3 is 0 Å². The third kappa shape index (κ3) is 3.94. The Morgan fingerprint density at radius 1 is 1.29 bits per heavy atom. The van der Waals surface area contributed by atoms with Crippen molar-refractivity contribution in [2.45, 2.75) is 0 Å². The van der Waals surface area contributed by atoms with Crippen LogP contribution in [0.3, 0.4) is 0 Å². The molecular weight excluding hydrogens is 375 g/mol. The fourth-order valence-electron chi connectivity index (χ4n) is 1.99. The number of amides is 1. The van der Waals surface area contributed by atoms with Crippen molar-refractivity contribution in [2.75, 3.05) is 5.32 Å². The summed E-state index contributed by atoms with van der Waals surface area (Å²) in [5.41, 5.74) is 0.863. The normalized spacial score (nSPS) is 10.9. The topological polar surface area (TPSA) is 59.8 Å². The molecule has 0 spiro atoms.